The summed E-state index contributed by atoms with van der Waals surface area (Å²) < 4.78 is 10.5. The molecular weight excluding hydrogens is 190 g/mol. The van der Waals surface area contributed by atoms with Gasteiger partial charge in [-0.1, -0.05) is 12.2 Å². The lowest BCUT2D eigenvalue weighted by Gasteiger charge is -2.06. The van der Waals surface area contributed by atoms with Gasteiger partial charge in [0, 0.05) is 6.07 Å². The van der Waals surface area contributed by atoms with Gasteiger partial charge < -0.3 is 9.47 Å². The normalized spacial score (nSPS) is 9.93. The number of benzene rings is 1. The molecule has 0 aliphatic rings. The van der Waals surface area contributed by atoms with Crippen molar-refractivity contribution in [1.82, 2.24) is 0 Å². The summed E-state index contributed by atoms with van der Waals surface area (Å²) in [4.78, 5) is 0. The van der Waals surface area contributed by atoms with Crippen LogP contribution in [0.5, 0.6) is 11.5 Å². The fraction of sp³-hybridized carbons (Fsp3) is 0.250. The number of rotatable bonds is 4. The minimum Gasteiger partial charge on any atom is -0.497 e. The molecule has 0 atom stereocenters. The molecular formula is C12H13NO2. The van der Waals surface area contributed by atoms with Crippen molar-refractivity contribution in [3.63, 3.8) is 0 Å². The maximum Gasteiger partial charge on any atom is 0.124 e. The fourth-order valence-electron chi connectivity index (χ4n) is 1.08. The van der Waals surface area contributed by atoms with Crippen molar-refractivity contribution in [2.45, 2.75) is 6.92 Å². The lowest BCUT2D eigenvalue weighted by molar-refractivity contribution is 0.356. The van der Waals surface area contributed by atoms with Gasteiger partial charge in [0.25, 0.3) is 0 Å². The van der Waals surface area contributed by atoms with E-state index in [1.807, 2.05) is 19.1 Å². The van der Waals surface area contributed by atoms with Crippen LogP contribution in [0.4, 0.5) is 0 Å². The summed E-state index contributed by atoms with van der Waals surface area (Å²) in [5.74, 6) is 1.27. The zero-order chi connectivity index (χ0) is 11.1. The number of allylic oxidation sites excluding steroid dienone is 1. The Balaban J connectivity index is 2.83. The Kier molecular flexibility index (Phi) is 4.24. The molecule has 0 spiro atoms. The van der Waals surface area contributed by atoms with Crippen molar-refractivity contribution < 1.29 is 9.47 Å². The smallest absolute Gasteiger partial charge is 0.124 e. The van der Waals surface area contributed by atoms with Crippen LogP contribution in [0, 0.1) is 11.3 Å². The van der Waals surface area contributed by atoms with E-state index in [0.717, 1.165) is 0 Å². The van der Waals surface area contributed by atoms with E-state index in [-0.39, 0.29) is 0 Å². The van der Waals surface area contributed by atoms with Gasteiger partial charge in [-0.15, -0.1) is 0 Å². The summed E-state index contributed by atoms with van der Waals surface area (Å²) >= 11 is 0. The Bertz CT molecular complexity index is 391. The van der Waals surface area contributed by atoms with E-state index in [1.165, 1.54) is 0 Å². The average Bonchev–Trinajstić information content (AvgIpc) is 2.29. The van der Waals surface area contributed by atoms with Crippen LogP contribution < -0.4 is 9.47 Å². The molecule has 78 valence electrons. The van der Waals surface area contributed by atoms with E-state index in [2.05, 4.69) is 6.07 Å². The maximum absolute atomic E-state index is 8.78. The first-order valence-electron chi connectivity index (χ1n) is 4.63. The van der Waals surface area contributed by atoms with Crippen LogP contribution in [-0.2, 0) is 0 Å². The standard InChI is InChI=1S/C12H13NO2/c1-3-4-5-15-12-7-10(9-13)6-11(8-12)14-2/h3-4,6-8H,5H2,1-2H3/b4-3+. The highest BCUT2D eigenvalue weighted by molar-refractivity contribution is 5.43. The van der Waals surface area contributed by atoms with Gasteiger partial charge in [-0.05, 0) is 19.1 Å². The van der Waals surface area contributed by atoms with Gasteiger partial charge in [-0.3, -0.25) is 0 Å². The SMILES string of the molecule is C/C=C/COc1cc(C#N)cc(OC)c1. The van der Waals surface area contributed by atoms with Crippen molar-refractivity contribution in [2.24, 2.45) is 0 Å². The molecule has 1 aromatic rings. The van der Waals surface area contributed by atoms with Gasteiger partial charge in [0.15, 0.2) is 0 Å². The molecule has 0 radical (unpaired) electrons. The van der Waals surface area contributed by atoms with Gasteiger partial charge in [-0.25, -0.2) is 0 Å². The number of methoxy groups -OCH3 is 1. The Morgan fingerprint density at radius 3 is 2.67 bits per heavy atom. The van der Waals surface area contributed by atoms with E-state index in [1.54, 1.807) is 25.3 Å². The first kappa shape index (κ1) is 11.1. The lowest BCUT2D eigenvalue weighted by Crippen LogP contribution is -1.94. The highest BCUT2D eigenvalue weighted by atomic mass is 16.5. The molecule has 3 nitrogen and oxygen atoms in total. The van der Waals surface area contributed by atoms with Crippen LogP contribution in [0.15, 0.2) is 30.4 Å². The largest absolute Gasteiger partial charge is 0.497 e. The highest BCUT2D eigenvalue weighted by Crippen LogP contribution is 2.22. The zero-order valence-electron chi connectivity index (χ0n) is 8.86. The Morgan fingerprint density at radius 2 is 2.07 bits per heavy atom. The maximum atomic E-state index is 8.78. The summed E-state index contributed by atoms with van der Waals surface area (Å²) in [7, 11) is 1.56. The van der Waals surface area contributed by atoms with Crippen LogP contribution in [-0.4, -0.2) is 13.7 Å². The van der Waals surface area contributed by atoms with Crippen LogP contribution in [0.3, 0.4) is 0 Å². The third kappa shape index (κ3) is 3.35. The minimum atomic E-state index is 0.495. The van der Waals surface area contributed by atoms with Gasteiger partial charge in [0.1, 0.15) is 18.1 Å². The molecule has 1 aromatic carbocycles. The molecule has 15 heavy (non-hydrogen) atoms. The topological polar surface area (TPSA) is 42.2 Å². The molecule has 0 heterocycles. The first-order valence-corrected chi connectivity index (χ1v) is 4.63. The average molecular weight is 203 g/mol. The number of ether oxygens (including phenoxy) is 2. The molecule has 0 fully saturated rings. The second-order valence-corrected chi connectivity index (χ2v) is 2.89. The number of nitrogens with zero attached hydrogens (tertiary/aromatic N) is 1. The third-order valence-corrected chi connectivity index (χ3v) is 1.83. The van der Waals surface area contributed by atoms with Crippen LogP contribution >= 0.6 is 0 Å². The quantitative estimate of drug-likeness (QED) is 0.706. The lowest BCUT2D eigenvalue weighted by atomic mass is 10.2. The third-order valence-electron chi connectivity index (χ3n) is 1.83. The molecule has 0 aliphatic carbocycles. The summed E-state index contributed by atoms with van der Waals surface area (Å²) in [6, 6.07) is 7.16. The van der Waals surface area contributed by atoms with E-state index in [0.29, 0.717) is 23.7 Å². The first-order chi connectivity index (χ1) is 7.30. The molecule has 0 unspecified atom stereocenters. The number of hydrogen-bond acceptors (Lipinski definition) is 3. The monoisotopic (exact) mass is 203 g/mol. The molecule has 0 aliphatic heterocycles. The summed E-state index contributed by atoms with van der Waals surface area (Å²) in [5.41, 5.74) is 0.532. The molecule has 0 saturated heterocycles. The second-order valence-electron chi connectivity index (χ2n) is 2.89. The molecule has 1 rings (SSSR count). The Morgan fingerprint density at radius 1 is 1.33 bits per heavy atom. The highest BCUT2D eigenvalue weighted by Gasteiger charge is 2.00. The van der Waals surface area contributed by atoms with Crippen molar-refractivity contribution in [2.75, 3.05) is 13.7 Å². The van der Waals surface area contributed by atoms with Gasteiger partial charge in [-0.2, -0.15) is 5.26 Å². The van der Waals surface area contributed by atoms with Crippen molar-refractivity contribution >= 4 is 0 Å². The van der Waals surface area contributed by atoms with Gasteiger partial charge in [0.05, 0.1) is 18.7 Å². The van der Waals surface area contributed by atoms with Crippen molar-refractivity contribution in [1.29, 1.82) is 5.26 Å². The van der Waals surface area contributed by atoms with Crippen LogP contribution in [0.25, 0.3) is 0 Å². The van der Waals surface area contributed by atoms with Crippen molar-refractivity contribution in [3.8, 4) is 17.6 Å². The minimum absolute atomic E-state index is 0.495. The van der Waals surface area contributed by atoms with Crippen LogP contribution in [0.2, 0.25) is 0 Å². The zero-order valence-corrected chi connectivity index (χ0v) is 8.86. The Hall–Kier alpha value is -1.95. The number of nitriles is 1. The van der Waals surface area contributed by atoms with E-state index >= 15 is 0 Å². The van der Waals surface area contributed by atoms with E-state index < -0.39 is 0 Å². The Labute approximate surface area is 89.6 Å². The summed E-state index contributed by atoms with van der Waals surface area (Å²) in [6.45, 7) is 2.42. The summed E-state index contributed by atoms with van der Waals surface area (Å²) in [5, 5.41) is 8.78. The fourth-order valence-corrected chi connectivity index (χ4v) is 1.08. The molecule has 0 amide bonds. The van der Waals surface area contributed by atoms with E-state index in [4.69, 9.17) is 14.7 Å². The van der Waals surface area contributed by atoms with Gasteiger partial charge in [0.2, 0.25) is 0 Å². The molecule has 0 bridgehead atoms. The number of hydrogen-bond donors (Lipinski definition) is 0. The second kappa shape index (κ2) is 5.71. The molecule has 0 N–H and O–H groups in total. The predicted molar refractivity (Wildman–Crippen MR) is 58.0 cm³/mol. The van der Waals surface area contributed by atoms with Crippen LogP contribution in [0.1, 0.15) is 12.5 Å². The molecule has 3 heteroatoms. The predicted octanol–water partition coefficient (Wildman–Crippen LogP) is 2.52. The molecule has 0 saturated carbocycles. The molecule has 0 aromatic heterocycles. The van der Waals surface area contributed by atoms with Gasteiger partial charge >= 0.3 is 0 Å². The van der Waals surface area contributed by atoms with Crippen molar-refractivity contribution in [3.05, 3.63) is 35.9 Å². The van der Waals surface area contributed by atoms with E-state index in [9.17, 15) is 0 Å². The summed E-state index contributed by atoms with van der Waals surface area (Å²) in [6.07, 6.45) is 3.80.